The molecule has 1 aromatic carbocycles. The predicted molar refractivity (Wildman–Crippen MR) is 76.6 cm³/mol. The van der Waals surface area contributed by atoms with Crippen molar-refractivity contribution in [3.63, 3.8) is 0 Å². The number of aryl methyl sites for hydroxylation is 2. The predicted octanol–water partition coefficient (Wildman–Crippen LogP) is 2.36. The van der Waals surface area contributed by atoms with E-state index in [1.807, 2.05) is 0 Å². The fraction of sp³-hybridized carbons (Fsp3) is 0.133. The van der Waals surface area contributed by atoms with Gasteiger partial charge >= 0.3 is 5.97 Å². The molecule has 0 unspecified atom stereocenters. The zero-order valence-electron chi connectivity index (χ0n) is 11.6. The minimum atomic E-state index is -0.988. The molecule has 0 radical (unpaired) electrons. The number of hydrogen-bond donors (Lipinski definition) is 2. The molecule has 108 valence electrons. The van der Waals surface area contributed by atoms with Crippen LogP contribution >= 0.6 is 0 Å². The molecule has 0 aliphatic rings. The Morgan fingerprint density at radius 1 is 1.24 bits per heavy atom. The lowest BCUT2D eigenvalue weighted by Crippen LogP contribution is -2.17. The second-order valence-electron chi connectivity index (χ2n) is 4.45. The van der Waals surface area contributed by atoms with Crippen molar-refractivity contribution in [3.05, 3.63) is 58.5 Å². The highest BCUT2D eigenvalue weighted by atomic mass is 16.4. The van der Waals surface area contributed by atoms with Crippen molar-refractivity contribution in [1.29, 1.82) is 0 Å². The van der Waals surface area contributed by atoms with Crippen LogP contribution in [0.5, 0.6) is 0 Å². The number of hydrogen-bond acceptors (Lipinski definition) is 4. The minimum absolute atomic E-state index is 0.195. The molecule has 0 saturated carbocycles. The molecular weight excluding hydrogens is 272 g/mol. The van der Waals surface area contributed by atoms with Crippen LogP contribution in [0.2, 0.25) is 0 Å². The van der Waals surface area contributed by atoms with Gasteiger partial charge in [0.15, 0.2) is 0 Å². The van der Waals surface area contributed by atoms with Crippen molar-refractivity contribution >= 4 is 18.1 Å². The number of benzene rings is 1. The van der Waals surface area contributed by atoms with E-state index < -0.39 is 5.97 Å². The monoisotopic (exact) mass is 286 g/mol. The molecule has 2 rings (SSSR count). The molecular formula is C15H14N2O4. The van der Waals surface area contributed by atoms with E-state index in [0.717, 1.165) is 0 Å². The number of nitrogens with one attached hydrogen (secondary N) is 1. The zero-order valence-corrected chi connectivity index (χ0v) is 11.6. The summed E-state index contributed by atoms with van der Waals surface area (Å²) >= 11 is 0. The average Bonchev–Trinajstić information content (AvgIpc) is 2.78. The Bertz CT molecular complexity index is 699. The number of rotatable bonds is 4. The average molecular weight is 286 g/mol. The first-order valence-corrected chi connectivity index (χ1v) is 6.21. The molecule has 0 aliphatic carbocycles. The first-order chi connectivity index (χ1) is 9.97. The van der Waals surface area contributed by atoms with Gasteiger partial charge in [-0.3, -0.25) is 4.79 Å². The number of nitrogens with zero attached hydrogens (tertiary/aromatic N) is 1. The van der Waals surface area contributed by atoms with E-state index in [1.165, 1.54) is 18.3 Å². The van der Waals surface area contributed by atoms with Crippen LogP contribution in [0.3, 0.4) is 0 Å². The molecule has 6 nitrogen and oxygen atoms in total. The molecule has 0 atom stereocenters. The van der Waals surface area contributed by atoms with Gasteiger partial charge in [0.1, 0.15) is 11.5 Å². The summed E-state index contributed by atoms with van der Waals surface area (Å²) in [5.41, 5.74) is 3.71. The van der Waals surface area contributed by atoms with Crippen LogP contribution in [-0.2, 0) is 0 Å². The number of amides is 1. The smallest absolute Gasteiger partial charge is 0.335 e. The van der Waals surface area contributed by atoms with Gasteiger partial charge in [-0.25, -0.2) is 10.2 Å². The third kappa shape index (κ3) is 3.56. The second-order valence-corrected chi connectivity index (χ2v) is 4.45. The summed E-state index contributed by atoms with van der Waals surface area (Å²) in [7, 11) is 0. The zero-order chi connectivity index (χ0) is 15.4. The maximum atomic E-state index is 11.8. The van der Waals surface area contributed by atoms with Crippen molar-refractivity contribution in [2.24, 2.45) is 5.10 Å². The van der Waals surface area contributed by atoms with Gasteiger partial charge in [-0.2, -0.15) is 5.10 Å². The maximum Gasteiger partial charge on any atom is 0.335 e. The van der Waals surface area contributed by atoms with Crippen LogP contribution < -0.4 is 5.43 Å². The van der Waals surface area contributed by atoms with Crippen LogP contribution in [0.15, 0.2) is 39.9 Å². The number of carboxylic acids is 1. The highest BCUT2D eigenvalue weighted by molar-refractivity contribution is 5.96. The van der Waals surface area contributed by atoms with Gasteiger partial charge in [-0.15, -0.1) is 0 Å². The van der Waals surface area contributed by atoms with Gasteiger partial charge in [-0.05, 0) is 37.6 Å². The molecule has 1 heterocycles. The summed E-state index contributed by atoms with van der Waals surface area (Å²) in [6.07, 6.45) is 1.44. The molecule has 0 saturated heterocycles. The van der Waals surface area contributed by atoms with E-state index in [-0.39, 0.29) is 11.5 Å². The standard InChI is InChI=1S/C15H14N2O4/c1-9-7-13(10(2)21-9)14(18)17-16-8-11-3-5-12(6-4-11)15(19)20/h3-8H,1-2H3,(H,17,18)(H,19,20). The number of aromatic carboxylic acids is 1. The van der Waals surface area contributed by atoms with E-state index in [0.29, 0.717) is 22.6 Å². The second kappa shape index (κ2) is 6.04. The Balaban J connectivity index is 2.00. The number of hydrazone groups is 1. The third-order valence-electron chi connectivity index (χ3n) is 2.82. The maximum absolute atomic E-state index is 11.8. The number of carbonyl (C=O) groups is 2. The van der Waals surface area contributed by atoms with Crippen molar-refractivity contribution in [3.8, 4) is 0 Å². The van der Waals surface area contributed by atoms with Crippen molar-refractivity contribution < 1.29 is 19.1 Å². The normalized spacial score (nSPS) is 10.8. The van der Waals surface area contributed by atoms with Gasteiger partial charge in [0.05, 0.1) is 17.3 Å². The van der Waals surface area contributed by atoms with Gasteiger partial charge in [0, 0.05) is 0 Å². The van der Waals surface area contributed by atoms with Gasteiger partial charge in [-0.1, -0.05) is 12.1 Å². The number of furan rings is 1. The summed E-state index contributed by atoms with van der Waals surface area (Å²) < 4.78 is 5.27. The molecule has 0 spiro atoms. The summed E-state index contributed by atoms with van der Waals surface area (Å²) in [6.45, 7) is 3.47. The largest absolute Gasteiger partial charge is 0.478 e. The lowest BCUT2D eigenvalue weighted by Gasteiger charge is -1.98. The van der Waals surface area contributed by atoms with Crippen molar-refractivity contribution in [1.82, 2.24) is 5.43 Å². The molecule has 21 heavy (non-hydrogen) atoms. The Labute approximate surface area is 121 Å². The minimum Gasteiger partial charge on any atom is -0.478 e. The first kappa shape index (κ1) is 14.5. The topological polar surface area (TPSA) is 91.9 Å². The lowest BCUT2D eigenvalue weighted by atomic mass is 10.1. The van der Waals surface area contributed by atoms with Crippen molar-refractivity contribution in [2.75, 3.05) is 0 Å². The summed E-state index contributed by atoms with van der Waals surface area (Å²) in [5.74, 6) is -0.155. The molecule has 0 aliphatic heterocycles. The van der Waals surface area contributed by atoms with Gasteiger partial charge in [0.25, 0.3) is 5.91 Å². The van der Waals surface area contributed by atoms with E-state index in [1.54, 1.807) is 32.0 Å². The van der Waals surface area contributed by atoms with Gasteiger partial charge in [0.2, 0.25) is 0 Å². The summed E-state index contributed by atoms with van der Waals surface area (Å²) in [6, 6.07) is 7.78. The molecule has 1 amide bonds. The summed E-state index contributed by atoms with van der Waals surface area (Å²) in [5, 5.41) is 12.6. The number of carboxylic acid groups (broad SMARTS) is 1. The Kier molecular flexibility index (Phi) is 4.18. The highest BCUT2D eigenvalue weighted by Gasteiger charge is 2.12. The van der Waals surface area contributed by atoms with E-state index in [9.17, 15) is 9.59 Å². The fourth-order valence-electron chi connectivity index (χ4n) is 1.79. The molecule has 6 heteroatoms. The third-order valence-corrected chi connectivity index (χ3v) is 2.82. The lowest BCUT2D eigenvalue weighted by molar-refractivity contribution is 0.0696. The van der Waals surface area contributed by atoms with Crippen LogP contribution in [0.25, 0.3) is 0 Å². The van der Waals surface area contributed by atoms with E-state index >= 15 is 0 Å². The Hall–Kier alpha value is -2.89. The molecule has 0 bridgehead atoms. The van der Waals surface area contributed by atoms with Gasteiger partial charge < -0.3 is 9.52 Å². The fourth-order valence-corrected chi connectivity index (χ4v) is 1.79. The molecule has 0 fully saturated rings. The SMILES string of the molecule is Cc1cc(C(=O)NN=Cc2ccc(C(=O)O)cc2)c(C)o1. The van der Waals surface area contributed by atoms with Crippen LogP contribution in [-0.4, -0.2) is 23.2 Å². The Morgan fingerprint density at radius 3 is 2.43 bits per heavy atom. The van der Waals surface area contributed by atoms with Crippen molar-refractivity contribution in [2.45, 2.75) is 13.8 Å². The van der Waals surface area contributed by atoms with Crippen LogP contribution in [0.4, 0.5) is 0 Å². The summed E-state index contributed by atoms with van der Waals surface area (Å²) in [4.78, 5) is 22.6. The first-order valence-electron chi connectivity index (χ1n) is 6.21. The number of carbonyl (C=O) groups excluding carboxylic acids is 1. The Morgan fingerprint density at radius 2 is 1.90 bits per heavy atom. The van der Waals surface area contributed by atoms with E-state index in [4.69, 9.17) is 9.52 Å². The van der Waals surface area contributed by atoms with Crippen LogP contribution in [0, 0.1) is 13.8 Å². The van der Waals surface area contributed by atoms with E-state index in [2.05, 4.69) is 10.5 Å². The molecule has 2 aromatic rings. The highest BCUT2D eigenvalue weighted by Crippen LogP contribution is 2.13. The quantitative estimate of drug-likeness (QED) is 0.666. The molecule has 1 aromatic heterocycles. The van der Waals surface area contributed by atoms with Crippen LogP contribution in [0.1, 0.15) is 37.8 Å². The molecule has 2 N–H and O–H groups in total.